The van der Waals surface area contributed by atoms with E-state index in [2.05, 4.69) is 21.9 Å². The SMILES string of the molecule is C=CC(=N/C=C\C)C(=O)Nc1nc(-c2ccc(O)cc2O)cs1. The van der Waals surface area contributed by atoms with Crippen LogP contribution in [0.4, 0.5) is 5.13 Å². The Labute approximate surface area is 137 Å². The van der Waals surface area contributed by atoms with Crippen LogP contribution in [0.2, 0.25) is 0 Å². The molecule has 0 aliphatic rings. The number of amides is 1. The standard InChI is InChI=1S/C16H15N3O3S/c1-3-7-17-12(4-2)15(22)19-16-18-13(9-23-16)11-6-5-10(20)8-14(11)21/h3-9,20-21H,2H2,1H3,(H,18,19,22)/b7-3-,17-12?. The molecule has 0 saturated carbocycles. The van der Waals surface area contributed by atoms with Gasteiger partial charge < -0.3 is 10.2 Å². The second kappa shape index (κ2) is 7.37. The number of allylic oxidation sites excluding steroid dienone is 1. The van der Waals surface area contributed by atoms with Crippen molar-refractivity contribution in [2.24, 2.45) is 4.99 Å². The smallest absolute Gasteiger partial charge is 0.276 e. The average Bonchev–Trinajstić information content (AvgIpc) is 2.96. The van der Waals surface area contributed by atoms with Gasteiger partial charge in [0.2, 0.25) is 0 Å². The lowest BCUT2D eigenvalue weighted by Gasteiger charge is -2.02. The van der Waals surface area contributed by atoms with Crippen LogP contribution in [-0.4, -0.2) is 26.8 Å². The second-order valence-electron chi connectivity index (χ2n) is 4.39. The van der Waals surface area contributed by atoms with Gasteiger partial charge in [-0.15, -0.1) is 11.3 Å². The topological polar surface area (TPSA) is 94.8 Å². The summed E-state index contributed by atoms with van der Waals surface area (Å²) < 4.78 is 0. The lowest BCUT2D eigenvalue weighted by Crippen LogP contribution is -2.20. The third kappa shape index (κ3) is 4.04. The van der Waals surface area contributed by atoms with E-state index in [0.29, 0.717) is 16.4 Å². The highest BCUT2D eigenvalue weighted by molar-refractivity contribution is 7.14. The van der Waals surface area contributed by atoms with Gasteiger partial charge in [0, 0.05) is 23.2 Å². The first-order valence-electron chi connectivity index (χ1n) is 6.65. The summed E-state index contributed by atoms with van der Waals surface area (Å²) >= 11 is 1.21. The first kappa shape index (κ1) is 16.4. The van der Waals surface area contributed by atoms with E-state index in [1.165, 1.54) is 35.7 Å². The van der Waals surface area contributed by atoms with Crippen molar-refractivity contribution in [3.63, 3.8) is 0 Å². The van der Waals surface area contributed by atoms with Gasteiger partial charge in [0.15, 0.2) is 5.13 Å². The van der Waals surface area contributed by atoms with Crippen molar-refractivity contribution in [2.45, 2.75) is 6.92 Å². The molecule has 7 heteroatoms. The third-order valence-corrected chi connectivity index (χ3v) is 3.53. The fraction of sp³-hybridized carbons (Fsp3) is 0.0625. The summed E-state index contributed by atoms with van der Waals surface area (Å²) in [7, 11) is 0. The minimum atomic E-state index is -0.422. The highest BCUT2D eigenvalue weighted by Crippen LogP contribution is 2.33. The van der Waals surface area contributed by atoms with E-state index in [1.54, 1.807) is 24.4 Å². The van der Waals surface area contributed by atoms with Crippen molar-refractivity contribution < 1.29 is 15.0 Å². The summed E-state index contributed by atoms with van der Waals surface area (Å²) in [5.41, 5.74) is 1.13. The van der Waals surface area contributed by atoms with Crippen LogP contribution in [0, 0.1) is 0 Å². The van der Waals surface area contributed by atoms with Crippen molar-refractivity contribution >= 4 is 28.1 Å². The van der Waals surface area contributed by atoms with Crippen LogP contribution in [-0.2, 0) is 4.79 Å². The predicted octanol–water partition coefficient (Wildman–Crippen LogP) is 3.32. The van der Waals surface area contributed by atoms with Crippen LogP contribution in [0.3, 0.4) is 0 Å². The van der Waals surface area contributed by atoms with E-state index < -0.39 is 5.91 Å². The highest BCUT2D eigenvalue weighted by Gasteiger charge is 2.13. The molecular weight excluding hydrogens is 314 g/mol. The van der Waals surface area contributed by atoms with Gasteiger partial charge in [-0.25, -0.2) is 4.98 Å². The van der Waals surface area contributed by atoms with Crippen LogP contribution in [0.15, 0.2) is 53.5 Å². The van der Waals surface area contributed by atoms with Crippen LogP contribution in [0.1, 0.15) is 6.92 Å². The normalized spacial score (nSPS) is 11.6. The van der Waals surface area contributed by atoms with Gasteiger partial charge >= 0.3 is 0 Å². The molecule has 1 heterocycles. The molecule has 6 nitrogen and oxygen atoms in total. The molecular formula is C16H15N3O3S. The van der Waals surface area contributed by atoms with Crippen molar-refractivity contribution in [3.8, 4) is 22.8 Å². The van der Waals surface area contributed by atoms with E-state index >= 15 is 0 Å². The molecule has 1 aromatic heterocycles. The molecule has 1 aromatic carbocycles. The van der Waals surface area contributed by atoms with E-state index in [0.717, 1.165) is 0 Å². The third-order valence-electron chi connectivity index (χ3n) is 2.77. The van der Waals surface area contributed by atoms with Crippen molar-refractivity contribution in [2.75, 3.05) is 5.32 Å². The molecule has 2 aromatic rings. The van der Waals surface area contributed by atoms with Gasteiger partial charge in [0.1, 0.15) is 17.2 Å². The number of benzene rings is 1. The monoisotopic (exact) mass is 329 g/mol. The zero-order chi connectivity index (χ0) is 16.8. The minimum absolute atomic E-state index is 0.0363. The number of carbonyl (C=O) groups is 1. The summed E-state index contributed by atoms with van der Waals surface area (Å²) in [6, 6.07) is 4.23. The molecule has 0 radical (unpaired) electrons. The number of nitrogens with zero attached hydrogens (tertiary/aromatic N) is 2. The van der Waals surface area contributed by atoms with E-state index in [1.807, 2.05) is 0 Å². The Balaban J connectivity index is 2.19. The number of phenols is 2. The fourth-order valence-corrected chi connectivity index (χ4v) is 2.42. The van der Waals surface area contributed by atoms with Crippen LogP contribution in [0.5, 0.6) is 11.5 Å². The molecule has 0 saturated heterocycles. The van der Waals surface area contributed by atoms with E-state index in [-0.39, 0.29) is 17.2 Å². The van der Waals surface area contributed by atoms with E-state index in [4.69, 9.17) is 0 Å². The number of anilines is 1. The number of nitrogens with one attached hydrogen (secondary N) is 1. The minimum Gasteiger partial charge on any atom is -0.508 e. The van der Waals surface area contributed by atoms with Crippen LogP contribution >= 0.6 is 11.3 Å². The first-order valence-corrected chi connectivity index (χ1v) is 7.53. The zero-order valence-electron chi connectivity index (χ0n) is 12.4. The van der Waals surface area contributed by atoms with Gasteiger partial charge in [-0.2, -0.15) is 0 Å². The Morgan fingerprint density at radius 3 is 2.87 bits per heavy atom. The summed E-state index contributed by atoms with van der Waals surface area (Å²) in [5, 5.41) is 23.8. The van der Waals surface area contributed by atoms with Gasteiger partial charge in [-0.05, 0) is 25.1 Å². The number of hydrogen-bond donors (Lipinski definition) is 3. The zero-order valence-corrected chi connectivity index (χ0v) is 13.2. The number of aromatic nitrogens is 1. The van der Waals surface area contributed by atoms with Crippen molar-refractivity contribution in [3.05, 3.63) is 48.5 Å². The number of aliphatic imine (C=N–C) groups is 1. The Hall–Kier alpha value is -2.93. The maximum Gasteiger partial charge on any atom is 0.276 e. The maximum absolute atomic E-state index is 12.0. The number of hydrogen-bond acceptors (Lipinski definition) is 6. The van der Waals surface area contributed by atoms with Crippen LogP contribution < -0.4 is 5.32 Å². The Morgan fingerprint density at radius 2 is 2.22 bits per heavy atom. The van der Waals surface area contributed by atoms with Crippen molar-refractivity contribution in [1.82, 2.24) is 4.98 Å². The molecule has 0 aliphatic carbocycles. The Morgan fingerprint density at radius 1 is 1.43 bits per heavy atom. The number of aromatic hydroxyl groups is 2. The lowest BCUT2D eigenvalue weighted by molar-refractivity contribution is -0.110. The lowest BCUT2D eigenvalue weighted by atomic mass is 10.1. The molecule has 0 atom stereocenters. The average molecular weight is 329 g/mol. The predicted molar refractivity (Wildman–Crippen MR) is 92.0 cm³/mol. The Kier molecular flexibility index (Phi) is 5.27. The largest absolute Gasteiger partial charge is 0.508 e. The molecule has 0 bridgehead atoms. The van der Waals surface area contributed by atoms with Crippen LogP contribution in [0.25, 0.3) is 11.3 Å². The second-order valence-corrected chi connectivity index (χ2v) is 5.25. The summed E-state index contributed by atoms with van der Waals surface area (Å²) in [5.74, 6) is -0.547. The number of thiazole rings is 1. The molecule has 2 rings (SSSR count). The number of rotatable bonds is 5. The molecule has 0 fully saturated rings. The quantitative estimate of drug-likeness (QED) is 0.733. The molecule has 118 valence electrons. The van der Waals surface area contributed by atoms with Gasteiger partial charge in [-0.1, -0.05) is 12.7 Å². The molecule has 23 heavy (non-hydrogen) atoms. The van der Waals surface area contributed by atoms with Gasteiger partial charge in [-0.3, -0.25) is 15.1 Å². The maximum atomic E-state index is 12.0. The van der Waals surface area contributed by atoms with Gasteiger partial charge in [0.05, 0.1) is 5.69 Å². The molecule has 0 unspecified atom stereocenters. The highest BCUT2D eigenvalue weighted by atomic mass is 32.1. The molecule has 0 spiro atoms. The summed E-state index contributed by atoms with van der Waals surface area (Å²) in [4.78, 5) is 20.3. The summed E-state index contributed by atoms with van der Waals surface area (Å²) in [6.45, 7) is 5.34. The number of carbonyl (C=O) groups excluding carboxylic acids is 1. The molecule has 1 amide bonds. The molecule has 3 N–H and O–H groups in total. The molecule has 0 aliphatic heterocycles. The number of phenolic OH excluding ortho intramolecular Hbond substituents is 2. The fourth-order valence-electron chi connectivity index (χ4n) is 1.71. The Bertz CT molecular complexity index is 794. The van der Waals surface area contributed by atoms with E-state index in [9.17, 15) is 15.0 Å². The summed E-state index contributed by atoms with van der Waals surface area (Å²) in [6.07, 6.45) is 4.56. The van der Waals surface area contributed by atoms with Gasteiger partial charge in [0.25, 0.3) is 5.91 Å². The first-order chi connectivity index (χ1) is 11.0. The van der Waals surface area contributed by atoms with Crippen molar-refractivity contribution in [1.29, 1.82) is 0 Å².